The molecule has 0 spiro atoms. The van der Waals surface area contributed by atoms with Crippen molar-refractivity contribution in [3.63, 3.8) is 0 Å². The third-order valence-corrected chi connectivity index (χ3v) is 2.44. The predicted octanol–water partition coefficient (Wildman–Crippen LogP) is 0.344. The fourth-order valence-electron chi connectivity index (χ4n) is 1.41. The predicted molar refractivity (Wildman–Crippen MR) is 67.3 cm³/mol. The highest BCUT2D eigenvalue weighted by Crippen LogP contribution is 2.04. The largest absolute Gasteiger partial charge is 0.347 e. The van der Waals surface area contributed by atoms with E-state index in [0.29, 0.717) is 6.54 Å². The van der Waals surface area contributed by atoms with E-state index in [2.05, 4.69) is 15.5 Å². The highest BCUT2D eigenvalue weighted by atomic mass is 16.2. The third-order valence-electron chi connectivity index (χ3n) is 2.44. The van der Waals surface area contributed by atoms with Gasteiger partial charge in [0, 0.05) is 12.6 Å². The number of aromatic nitrogens is 3. The molecule has 1 aromatic carbocycles. The maximum absolute atomic E-state index is 11.8. The summed E-state index contributed by atoms with van der Waals surface area (Å²) in [4.78, 5) is 13.2. The molecule has 0 fully saturated rings. The Morgan fingerprint density at radius 2 is 2.17 bits per heavy atom. The van der Waals surface area contributed by atoms with E-state index >= 15 is 0 Å². The molecule has 18 heavy (non-hydrogen) atoms. The van der Waals surface area contributed by atoms with Crippen LogP contribution in [0.15, 0.2) is 36.5 Å². The molecule has 0 unspecified atom stereocenters. The lowest BCUT2D eigenvalue weighted by Crippen LogP contribution is -2.38. The Morgan fingerprint density at radius 3 is 2.83 bits per heavy atom. The average molecular weight is 245 g/mol. The summed E-state index contributed by atoms with van der Waals surface area (Å²) in [7, 11) is 0. The number of amides is 1. The second-order valence-corrected chi connectivity index (χ2v) is 3.97. The Bertz CT molecular complexity index is 522. The maximum atomic E-state index is 11.8. The number of hydrogen-bond donors (Lipinski definition) is 2. The van der Waals surface area contributed by atoms with E-state index in [1.54, 1.807) is 0 Å². The van der Waals surface area contributed by atoms with E-state index in [-0.39, 0.29) is 17.6 Å². The zero-order valence-electron chi connectivity index (χ0n) is 10.1. The molecular weight excluding hydrogens is 230 g/mol. The number of benzene rings is 1. The van der Waals surface area contributed by atoms with Crippen LogP contribution in [0.4, 0.5) is 0 Å². The van der Waals surface area contributed by atoms with Gasteiger partial charge in [-0.05, 0) is 19.1 Å². The van der Waals surface area contributed by atoms with Gasteiger partial charge in [-0.1, -0.05) is 18.2 Å². The number of rotatable bonds is 4. The van der Waals surface area contributed by atoms with Gasteiger partial charge in [0.05, 0.1) is 11.9 Å². The normalized spacial score (nSPS) is 12.1. The molecule has 1 heterocycles. The van der Waals surface area contributed by atoms with Crippen molar-refractivity contribution in [1.82, 2.24) is 20.3 Å². The average Bonchev–Trinajstić information content (AvgIpc) is 2.89. The Morgan fingerprint density at radius 1 is 1.44 bits per heavy atom. The Labute approximate surface area is 105 Å². The van der Waals surface area contributed by atoms with Crippen molar-refractivity contribution < 1.29 is 4.79 Å². The van der Waals surface area contributed by atoms with Crippen LogP contribution in [0.5, 0.6) is 0 Å². The monoisotopic (exact) mass is 245 g/mol. The van der Waals surface area contributed by atoms with E-state index in [1.807, 2.05) is 37.3 Å². The van der Waals surface area contributed by atoms with Gasteiger partial charge in [-0.3, -0.25) is 4.79 Å². The van der Waals surface area contributed by atoms with Gasteiger partial charge in [0.2, 0.25) is 0 Å². The molecule has 3 N–H and O–H groups in total. The molecule has 6 nitrogen and oxygen atoms in total. The van der Waals surface area contributed by atoms with Crippen LogP contribution in [0, 0.1) is 0 Å². The minimum absolute atomic E-state index is 0.0839. The molecule has 1 aromatic heterocycles. The molecule has 1 atom stereocenters. The second kappa shape index (κ2) is 5.42. The summed E-state index contributed by atoms with van der Waals surface area (Å²) in [6.07, 6.45) is 1.44. The number of hydrogen-bond acceptors (Lipinski definition) is 4. The SMILES string of the molecule is C[C@H](CN)NC(=O)c1cnn(-c2ccccc2)n1. The van der Waals surface area contributed by atoms with Crippen LogP contribution in [0.3, 0.4) is 0 Å². The van der Waals surface area contributed by atoms with Crippen LogP contribution in [0.1, 0.15) is 17.4 Å². The van der Waals surface area contributed by atoms with Crippen molar-refractivity contribution >= 4 is 5.91 Å². The lowest BCUT2D eigenvalue weighted by Gasteiger charge is -2.08. The topological polar surface area (TPSA) is 85.8 Å². The van der Waals surface area contributed by atoms with E-state index in [0.717, 1.165) is 5.69 Å². The molecule has 1 amide bonds. The van der Waals surface area contributed by atoms with Gasteiger partial charge in [0.25, 0.3) is 5.91 Å². The highest BCUT2D eigenvalue weighted by Gasteiger charge is 2.13. The molecule has 94 valence electrons. The van der Waals surface area contributed by atoms with Crippen molar-refractivity contribution in [1.29, 1.82) is 0 Å². The number of nitrogens with zero attached hydrogens (tertiary/aromatic N) is 3. The third kappa shape index (κ3) is 2.72. The smallest absolute Gasteiger partial charge is 0.273 e. The van der Waals surface area contributed by atoms with Crippen molar-refractivity contribution in [2.24, 2.45) is 5.73 Å². The number of nitrogens with two attached hydrogens (primary N) is 1. The minimum atomic E-state index is -0.268. The number of carbonyl (C=O) groups is 1. The van der Waals surface area contributed by atoms with Crippen LogP contribution in [-0.2, 0) is 0 Å². The zero-order chi connectivity index (χ0) is 13.0. The molecule has 0 aliphatic heterocycles. The van der Waals surface area contributed by atoms with Crippen molar-refractivity contribution in [2.45, 2.75) is 13.0 Å². The minimum Gasteiger partial charge on any atom is -0.347 e. The summed E-state index contributed by atoms with van der Waals surface area (Å²) in [5, 5.41) is 10.9. The molecule has 0 aliphatic carbocycles. The Balaban J connectivity index is 2.13. The van der Waals surface area contributed by atoms with Gasteiger partial charge in [-0.25, -0.2) is 0 Å². The molecule has 0 radical (unpaired) electrons. The molecule has 0 bridgehead atoms. The van der Waals surface area contributed by atoms with Gasteiger partial charge in [-0.2, -0.15) is 9.90 Å². The quantitative estimate of drug-likeness (QED) is 0.813. The van der Waals surface area contributed by atoms with E-state index in [9.17, 15) is 4.79 Å². The lowest BCUT2D eigenvalue weighted by atomic mass is 10.3. The van der Waals surface area contributed by atoms with E-state index in [4.69, 9.17) is 5.73 Å². The zero-order valence-corrected chi connectivity index (χ0v) is 10.1. The van der Waals surface area contributed by atoms with Gasteiger partial charge < -0.3 is 11.1 Å². The van der Waals surface area contributed by atoms with E-state index in [1.165, 1.54) is 11.0 Å². The van der Waals surface area contributed by atoms with Gasteiger partial charge in [0.1, 0.15) is 0 Å². The number of nitrogens with one attached hydrogen (secondary N) is 1. The lowest BCUT2D eigenvalue weighted by molar-refractivity contribution is 0.0936. The first-order valence-electron chi connectivity index (χ1n) is 5.69. The van der Waals surface area contributed by atoms with Crippen molar-refractivity contribution in [3.8, 4) is 5.69 Å². The van der Waals surface area contributed by atoms with E-state index < -0.39 is 0 Å². The Hall–Kier alpha value is -2.21. The second-order valence-electron chi connectivity index (χ2n) is 3.97. The summed E-state index contributed by atoms with van der Waals surface area (Å²) in [5.41, 5.74) is 6.52. The van der Waals surface area contributed by atoms with Crippen LogP contribution >= 0.6 is 0 Å². The van der Waals surface area contributed by atoms with Crippen LogP contribution in [-0.4, -0.2) is 33.5 Å². The molecule has 2 rings (SSSR count). The maximum Gasteiger partial charge on any atom is 0.273 e. The molecule has 6 heteroatoms. The summed E-state index contributed by atoms with van der Waals surface area (Å²) >= 11 is 0. The van der Waals surface area contributed by atoms with Crippen LogP contribution in [0.25, 0.3) is 5.69 Å². The summed E-state index contributed by atoms with van der Waals surface area (Å²) in [6.45, 7) is 2.22. The van der Waals surface area contributed by atoms with Crippen molar-refractivity contribution in [3.05, 3.63) is 42.2 Å². The first-order valence-corrected chi connectivity index (χ1v) is 5.69. The summed E-state index contributed by atoms with van der Waals surface area (Å²) in [5.74, 6) is -0.268. The van der Waals surface area contributed by atoms with Gasteiger partial charge >= 0.3 is 0 Å². The molecule has 2 aromatic rings. The number of carbonyl (C=O) groups excluding carboxylic acids is 1. The molecular formula is C12H15N5O. The summed E-state index contributed by atoms with van der Waals surface area (Å²) in [6, 6.07) is 9.32. The fourth-order valence-corrected chi connectivity index (χ4v) is 1.41. The fraction of sp³-hybridized carbons (Fsp3) is 0.250. The Kier molecular flexibility index (Phi) is 3.69. The standard InChI is InChI=1S/C12H15N5O/c1-9(7-13)15-12(18)11-8-14-17(16-11)10-5-3-2-4-6-10/h2-6,8-9H,7,13H2,1H3,(H,15,18)/t9-/m1/s1. The highest BCUT2D eigenvalue weighted by molar-refractivity contribution is 5.92. The van der Waals surface area contributed by atoms with Gasteiger partial charge in [0.15, 0.2) is 5.69 Å². The van der Waals surface area contributed by atoms with Crippen molar-refractivity contribution in [2.75, 3.05) is 6.54 Å². The molecule has 0 aliphatic rings. The number of para-hydroxylation sites is 1. The first kappa shape index (κ1) is 12.3. The summed E-state index contributed by atoms with van der Waals surface area (Å²) < 4.78 is 0. The first-order chi connectivity index (χ1) is 8.70. The van der Waals surface area contributed by atoms with Gasteiger partial charge in [-0.15, -0.1) is 5.10 Å². The molecule has 0 saturated carbocycles. The molecule has 0 saturated heterocycles. The van der Waals surface area contributed by atoms with Crippen LogP contribution in [0.2, 0.25) is 0 Å². The van der Waals surface area contributed by atoms with Crippen LogP contribution < -0.4 is 11.1 Å².